The summed E-state index contributed by atoms with van der Waals surface area (Å²) in [6, 6.07) is 3.33. The third-order valence-corrected chi connectivity index (χ3v) is 4.64. The maximum atomic E-state index is 10.4. The summed E-state index contributed by atoms with van der Waals surface area (Å²) < 4.78 is 7.26. The van der Waals surface area contributed by atoms with Crippen LogP contribution in [0.15, 0.2) is 12.1 Å². The van der Waals surface area contributed by atoms with Crippen LogP contribution in [-0.2, 0) is 4.74 Å². The van der Waals surface area contributed by atoms with Crippen molar-refractivity contribution in [2.24, 2.45) is 0 Å². The Morgan fingerprint density at radius 2 is 1.92 bits per heavy atom. The first-order valence-electron chi connectivity index (χ1n) is 7.59. The van der Waals surface area contributed by atoms with Crippen LogP contribution in [0.3, 0.4) is 0 Å². The number of aromatic nitrogens is 2. The zero-order valence-electron chi connectivity index (χ0n) is 13.1. The highest BCUT2D eigenvalue weighted by Crippen LogP contribution is 2.37. The van der Waals surface area contributed by atoms with E-state index in [2.05, 4.69) is 10.3 Å². The standard InChI is InChI=1S/C15H19Cl2N3O4/c1-6(2)18-15-19-9-3-7(16)8(17)4-10(9)20(15)14-13(23)12(22)11(5-21)24-14/h3-4,6,11-14,21-23H,5H2,1-2H3,(H,18,19)/t11-,12-,13-,14-/m1/s1. The number of fused-ring (bicyclic) bond motifs is 1. The molecule has 3 rings (SSSR count). The molecule has 4 atom stereocenters. The molecule has 4 N–H and O–H groups in total. The third kappa shape index (κ3) is 2.96. The van der Waals surface area contributed by atoms with Crippen molar-refractivity contribution in [1.29, 1.82) is 0 Å². The van der Waals surface area contributed by atoms with Gasteiger partial charge in [-0.1, -0.05) is 23.2 Å². The predicted molar refractivity (Wildman–Crippen MR) is 91.5 cm³/mol. The highest BCUT2D eigenvalue weighted by atomic mass is 35.5. The number of ether oxygens (including phenoxy) is 1. The Morgan fingerprint density at radius 1 is 1.25 bits per heavy atom. The van der Waals surface area contributed by atoms with E-state index >= 15 is 0 Å². The Balaban J connectivity index is 2.15. The van der Waals surface area contributed by atoms with E-state index in [-0.39, 0.29) is 6.04 Å². The Morgan fingerprint density at radius 3 is 2.50 bits per heavy atom. The van der Waals surface area contributed by atoms with Crippen molar-refractivity contribution in [3.8, 4) is 0 Å². The van der Waals surface area contributed by atoms with Gasteiger partial charge < -0.3 is 25.4 Å². The largest absolute Gasteiger partial charge is 0.394 e. The highest BCUT2D eigenvalue weighted by Gasteiger charge is 2.44. The van der Waals surface area contributed by atoms with E-state index in [1.54, 1.807) is 16.7 Å². The van der Waals surface area contributed by atoms with Gasteiger partial charge in [0.1, 0.15) is 18.3 Å². The van der Waals surface area contributed by atoms with Gasteiger partial charge >= 0.3 is 0 Å². The first-order chi connectivity index (χ1) is 11.3. The van der Waals surface area contributed by atoms with Crippen LogP contribution in [0, 0.1) is 0 Å². The number of aliphatic hydroxyl groups excluding tert-OH is 3. The van der Waals surface area contributed by atoms with Crippen LogP contribution in [0.25, 0.3) is 11.0 Å². The van der Waals surface area contributed by atoms with Gasteiger partial charge in [0.25, 0.3) is 0 Å². The van der Waals surface area contributed by atoms with Gasteiger partial charge in [0.15, 0.2) is 6.23 Å². The monoisotopic (exact) mass is 375 g/mol. The van der Waals surface area contributed by atoms with Crippen LogP contribution >= 0.6 is 23.2 Å². The van der Waals surface area contributed by atoms with Crippen LogP contribution in [-0.4, -0.2) is 55.8 Å². The molecule has 1 aromatic carbocycles. The molecule has 24 heavy (non-hydrogen) atoms. The second-order valence-corrected chi connectivity index (χ2v) is 6.90. The third-order valence-electron chi connectivity index (χ3n) is 3.92. The molecule has 1 saturated heterocycles. The number of nitrogens with zero attached hydrogens (tertiary/aromatic N) is 2. The fourth-order valence-corrected chi connectivity index (χ4v) is 3.12. The van der Waals surface area contributed by atoms with Gasteiger partial charge in [-0.2, -0.15) is 0 Å². The Hall–Kier alpha value is -1.09. The lowest BCUT2D eigenvalue weighted by Gasteiger charge is -2.21. The van der Waals surface area contributed by atoms with Crippen molar-refractivity contribution < 1.29 is 20.1 Å². The summed E-state index contributed by atoms with van der Waals surface area (Å²) in [5, 5.41) is 33.6. The molecule has 0 unspecified atom stereocenters. The normalized spacial score (nSPS) is 27.3. The highest BCUT2D eigenvalue weighted by molar-refractivity contribution is 6.42. The molecule has 0 radical (unpaired) electrons. The maximum Gasteiger partial charge on any atom is 0.206 e. The number of nitrogens with one attached hydrogen (secondary N) is 1. The summed E-state index contributed by atoms with van der Waals surface area (Å²) in [5.41, 5.74) is 1.17. The lowest BCUT2D eigenvalue weighted by atomic mass is 10.1. The average molecular weight is 376 g/mol. The first kappa shape index (κ1) is 17.7. The Kier molecular flexibility index (Phi) is 4.92. The summed E-state index contributed by atoms with van der Waals surface area (Å²) in [6.45, 7) is 3.49. The molecule has 1 aromatic heterocycles. The molecule has 2 aromatic rings. The molecule has 0 spiro atoms. The number of halogens is 2. The van der Waals surface area contributed by atoms with Gasteiger partial charge in [0, 0.05) is 6.04 Å². The lowest BCUT2D eigenvalue weighted by molar-refractivity contribution is -0.0499. The van der Waals surface area contributed by atoms with Gasteiger partial charge in [-0.15, -0.1) is 0 Å². The van der Waals surface area contributed by atoms with E-state index < -0.39 is 31.1 Å². The van der Waals surface area contributed by atoms with Gasteiger partial charge in [0.05, 0.1) is 27.7 Å². The number of hydrogen-bond acceptors (Lipinski definition) is 6. The zero-order chi connectivity index (χ0) is 17.6. The molecule has 1 aliphatic rings. The molecular formula is C15H19Cl2N3O4. The molecule has 0 aliphatic carbocycles. The molecule has 7 nitrogen and oxygen atoms in total. The van der Waals surface area contributed by atoms with Crippen LogP contribution in [0.4, 0.5) is 5.95 Å². The summed E-state index contributed by atoms with van der Waals surface area (Å²) >= 11 is 12.2. The minimum Gasteiger partial charge on any atom is -0.394 e. The van der Waals surface area contributed by atoms with Crippen LogP contribution in [0.1, 0.15) is 20.1 Å². The number of anilines is 1. The first-order valence-corrected chi connectivity index (χ1v) is 8.35. The lowest BCUT2D eigenvalue weighted by Crippen LogP contribution is -2.33. The van der Waals surface area contributed by atoms with Gasteiger partial charge in [-0.3, -0.25) is 4.57 Å². The van der Waals surface area contributed by atoms with Crippen molar-refractivity contribution in [1.82, 2.24) is 9.55 Å². The molecule has 132 valence electrons. The van der Waals surface area contributed by atoms with E-state index in [4.69, 9.17) is 27.9 Å². The maximum absolute atomic E-state index is 10.4. The average Bonchev–Trinajstić information content (AvgIpc) is 2.97. The SMILES string of the molecule is CC(C)Nc1nc2cc(Cl)c(Cl)cc2n1[C@@H]1O[C@H](CO)[C@@H](O)[C@H]1O. The van der Waals surface area contributed by atoms with Gasteiger partial charge in [-0.25, -0.2) is 4.98 Å². The Bertz CT molecular complexity index is 752. The number of benzene rings is 1. The molecule has 0 bridgehead atoms. The molecule has 1 fully saturated rings. The molecule has 9 heteroatoms. The summed E-state index contributed by atoms with van der Waals surface area (Å²) in [7, 11) is 0. The van der Waals surface area contributed by atoms with Crippen molar-refractivity contribution in [3.63, 3.8) is 0 Å². The minimum absolute atomic E-state index is 0.0728. The molecule has 1 aliphatic heterocycles. The zero-order valence-corrected chi connectivity index (χ0v) is 14.7. The summed E-state index contributed by atoms with van der Waals surface area (Å²) in [4.78, 5) is 4.48. The fraction of sp³-hybridized carbons (Fsp3) is 0.533. The number of aliphatic hydroxyl groups is 3. The minimum atomic E-state index is -1.22. The van der Waals surface area contributed by atoms with Crippen LogP contribution < -0.4 is 5.32 Å². The summed E-state index contributed by atoms with van der Waals surface area (Å²) in [6.07, 6.45) is -4.22. The van der Waals surface area contributed by atoms with E-state index in [0.717, 1.165) is 0 Å². The van der Waals surface area contributed by atoms with Crippen LogP contribution in [0.2, 0.25) is 10.0 Å². The second-order valence-electron chi connectivity index (χ2n) is 6.09. The Labute approximate surface area is 148 Å². The van der Waals surface area contributed by atoms with Gasteiger partial charge in [0.2, 0.25) is 5.95 Å². The second kappa shape index (κ2) is 6.67. The van der Waals surface area contributed by atoms with E-state index in [1.807, 2.05) is 13.8 Å². The fourth-order valence-electron chi connectivity index (χ4n) is 2.80. The quantitative estimate of drug-likeness (QED) is 0.649. The van der Waals surface area contributed by atoms with Crippen molar-refractivity contribution in [3.05, 3.63) is 22.2 Å². The van der Waals surface area contributed by atoms with Gasteiger partial charge in [-0.05, 0) is 26.0 Å². The molecule has 2 heterocycles. The summed E-state index contributed by atoms with van der Waals surface area (Å²) in [5.74, 6) is 0.452. The number of imidazole rings is 1. The molecule has 0 saturated carbocycles. The molecule has 0 amide bonds. The van der Waals surface area contributed by atoms with Crippen molar-refractivity contribution in [2.75, 3.05) is 11.9 Å². The topological polar surface area (TPSA) is 99.8 Å². The van der Waals surface area contributed by atoms with Crippen molar-refractivity contribution >= 4 is 40.2 Å². The van der Waals surface area contributed by atoms with Crippen LogP contribution in [0.5, 0.6) is 0 Å². The van der Waals surface area contributed by atoms with Crippen molar-refractivity contribution in [2.45, 2.75) is 44.4 Å². The van der Waals surface area contributed by atoms with E-state index in [9.17, 15) is 15.3 Å². The molecular weight excluding hydrogens is 357 g/mol. The number of rotatable bonds is 4. The number of hydrogen-bond donors (Lipinski definition) is 4. The van der Waals surface area contributed by atoms with E-state index in [0.29, 0.717) is 27.0 Å². The van der Waals surface area contributed by atoms with E-state index in [1.165, 1.54) is 0 Å². The predicted octanol–water partition coefficient (Wildman–Crippen LogP) is 1.77. The smallest absolute Gasteiger partial charge is 0.206 e.